The monoisotopic (exact) mass is 451 g/mol. The number of nitrogens with one attached hydrogen (secondary N) is 1. The minimum Gasteiger partial charge on any atom is -0.349 e. The Morgan fingerprint density at radius 3 is 2.76 bits per heavy atom. The van der Waals surface area contributed by atoms with Gasteiger partial charge in [-0.05, 0) is 71.7 Å². The molecule has 34 heavy (non-hydrogen) atoms. The zero-order valence-corrected chi connectivity index (χ0v) is 18.5. The highest BCUT2D eigenvalue weighted by atomic mass is 16.1. The van der Waals surface area contributed by atoms with Crippen LogP contribution in [0, 0.1) is 0 Å². The molecule has 1 atom stereocenters. The van der Waals surface area contributed by atoms with Crippen molar-refractivity contribution >= 4 is 16.9 Å². The standard InChI is InChI=1S/C24H21N9O/c1-32-13-19(12-27-32)18-9-17-8-16-10-20(4-7-22(16)29-23(17)25-11-18)28-24(34)15-2-5-21(6-3-15)33-14-26-30-31-33/h2-3,5-6,8-9,11-14,20H,4,7,10H2,1H3,(H,28,34)/t20-/m1/s1. The molecule has 0 radical (unpaired) electrons. The summed E-state index contributed by atoms with van der Waals surface area (Å²) in [7, 11) is 1.90. The molecule has 10 heteroatoms. The number of amides is 1. The lowest BCUT2D eigenvalue weighted by Crippen LogP contribution is -2.39. The Labute approximate surface area is 194 Å². The van der Waals surface area contributed by atoms with Crippen LogP contribution in [0.25, 0.3) is 27.8 Å². The van der Waals surface area contributed by atoms with Gasteiger partial charge in [-0.15, -0.1) is 5.10 Å². The lowest BCUT2D eigenvalue weighted by molar-refractivity contribution is 0.0933. The summed E-state index contributed by atoms with van der Waals surface area (Å²) in [6.45, 7) is 0. The van der Waals surface area contributed by atoms with Gasteiger partial charge in [0.25, 0.3) is 5.91 Å². The third-order valence-corrected chi connectivity index (χ3v) is 6.15. The summed E-state index contributed by atoms with van der Waals surface area (Å²) in [6.07, 6.45) is 9.54. The highest BCUT2D eigenvalue weighted by Crippen LogP contribution is 2.27. The van der Waals surface area contributed by atoms with Crippen molar-refractivity contribution in [1.82, 2.24) is 45.3 Å². The van der Waals surface area contributed by atoms with Gasteiger partial charge in [-0.2, -0.15) is 5.10 Å². The Bertz CT molecular complexity index is 1490. The van der Waals surface area contributed by atoms with E-state index in [-0.39, 0.29) is 11.9 Å². The molecule has 0 fully saturated rings. The summed E-state index contributed by atoms with van der Waals surface area (Å²) in [4.78, 5) is 22.2. The fraction of sp³-hybridized carbons (Fsp3) is 0.208. The smallest absolute Gasteiger partial charge is 0.251 e. The van der Waals surface area contributed by atoms with E-state index in [0.29, 0.717) is 5.56 Å². The topological polar surface area (TPSA) is 116 Å². The number of aromatic nitrogens is 8. The lowest BCUT2D eigenvalue weighted by atomic mass is 9.90. The minimum atomic E-state index is -0.0917. The molecule has 0 bridgehead atoms. The number of hydrogen-bond donors (Lipinski definition) is 1. The third-order valence-electron chi connectivity index (χ3n) is 6.15. The van der Waals surface area contributed by atoms with Crippen molar-refractivity contribution in [2.45, 2.75) is 25.3 Å². The van der Waals surface area contributed by atoms with Crippen molar-refractivity contribution in [2.24, 2.45) is 7.05 Å². The second-order valence-electron chi connectivity index (χ2n) is 8.48. The van der Waals surface area contributed by atoms with Crippen molar-refractivity contribution in [3.05, 3.63) is 78.1 Å². The fourth-order valence-corrected chi connectivity index (χ4v) is 4.38. The molecule has 168 valence electrons. The van der Waals surface area contributed by atoms with E-state index in [1.165, 1.54) is 6.33 Å². The van der Waals surface area contributed by atoms with Crippen molar-refractivity contribution in [1.29, 1.82) is 0 Å². The number of fused-ring (bicyclic) bond motifs is 2. The maximum absolute atomic E-state index is 12.8. The first-order valence-electron chi connectivity index (χ1n) is 11.0. The molecular weight excluding hydrogens is 430 g/mol. The molecule has 6 rings (SSSR count). The molecule has 1 aromatic carbocycles. The zero-order valence-electron chi connectivity index (χ0n) is 18.5. The van der Waals surface area contributed by atoms with Crippen molar-refractivity contribution in [3.63, 3.8) is 0 Å². The zero-order chi connectivity index (χ0) is 23.1. The van der Waals surface area contributed by atoms with Crippen LogP contribution in [0.4, 0.5) is 0 Å². The second kappa shape index (κ2) is 8.14. The Morgan fingerprint density at radius 2 is 2.00 bits per heavy atom. The van der Waals surface area contributed by atoms with Gasteiger partial charge in [0.2, 0.25) is 0 Å². The molecule has 4 heterocycles. The number of hydrogen-bond acceptors (Lipinski definition) is 7. The Morgan fingerprint density at radius 1 is 1.12 bits per heavy atom. The number of benzene rings is 1. The van der Waals surface area contributed by atoms with Crippen LogP contribution in [-0.2, 0) is 19.9 Å². The first-order valence-corrected chi connectivity index (χ1v) is 11.0. The summed E-state index contributed by atoms with van der Waals surface area (Å²) in [6, 6.07) is 11.5. The van der Waals surface area contributed by atoms with Gasteiger partial charge in [0.05, 0.1) is 11.9 Å². The van der Waals surface area contributed by atoms with Crippen LogP contribution in [0.5, 0.6) is 0 Å². The van der Waals surface area contributed by atoms with Crippen molar-refractivity contribution in [2.75, 3.05) is 0 Å². The first-order chi connectivity index (χ1) is 16.6. The molecule has 10 nitrogen and oxygen atoms in total. The van der Waals surface area contributed by atoms with Crippen LogP contribution in [0.3, 0.4) is 0 Å². The van der Waals surface area contributed by atoms with E-state index in [4.69, 9.17) is 4.98 Å². The van der Waals surface area contributed by atoms with Gasteiger partial charge in [0.1, 0.15) is 6.33 Å². The van der Waals surface area contributed by atoms with Crippen LogP contribution in [-0.4, -0.2) is 51.9 Å². The Kier molecular flexibility index (Phi) is 4.83. The normalized spacial score (nSPS) is 15.3. The van der Waals surface area contributed by atoms with E-state index < -0.39 is 0 Å². The minimum absolute atomic E-state index is 0.0490. The van der Waals surface area contributed by atoms with Crippen molar-refractivity contribution < 1.29 is 4.79 Å². The highest BCUT2D eigenvalue weighted by Gasteiger charge is 2.23. The van der Waals surface area contributed by atoms with Crippen LogP contribution < -0.4 is 5.32 Å². The average molecular weight is 451 g/mol. The number of aryl methyl sites for hydroxylation is 2. The number of rotatable bonds is 4. The number of carbonyl (C=O) groups is 1. The van der Waals surface area contributed by atoms with E-state index >= 15 is 0 Å². The largest absolute Gasteiger partial charge is 0.349 e. The molecule has 1 aliphatic carbocycles. The molecule has 1 aliphatic rings. The van der Waals surface area contributed by atoms with Crippen molar-refractivity contribution in [3.8, 4) is 16.8 Å². The summed E-state index contributed by atoms with van der Waals surface area (Å²) in [5.74, 6) is -0.0917. The van der Waals surface area contributed by atoms with Crippen LogP contribution >= 0.6 is 0 Å². The molecule has 1 amide bonds. The van der Waals surface area contributed by atoms with Gasteiger partial charge in [-0.3, -0.25) is 9.48 Å². The third kappa shape index (κ3) is 3.79. The van der Waals surface area contributed by atoms with E-state index in [9.17, 15) is 4.79 Å². The SMILES string of the molecule is Cn1cc(-c2cnc3nc4c(cc3c2)C[C@H](NC(=O)c2ccc(-n3cnnn3)cc2)CC4)cn1. The van der Waals surface area contributed by atoms with Crippen LogP contribution in [0.15, 0.2) is 61.3 Å². The predicted octanol–water partition coefficient (Wildman–Crippen LogP) is 2.29. The summed E-state index contributed by atoms with van der Waals surface area (Å²) >= 11 is 0. The van der Waals surface area contributed by atoms with Gasteiger partial charge < -0.3 is 5.32 Å². The van der Waals surface area contributed by atoms with Crippen LogP contribution in [0.2, 0.25) is 0 Å². The fourth-order valence-electron chi connectivity index (χ4n) is 4.38. The first kappa shape index (κ1) is 20.2. The number of carbonyl (C=O) groups excluding carboxylic acids is 1. The van der Waals surface area contributed by atoms with E-state index in [0.717, 1.165) is 58.4 Å². The molecule has 0 spiro atoms. The summed E-state index contributed by atoms with van der Waals surface area (Å²) in [5, 5.41) is 19.5. The molecule has 0 unspecified atom stereocenters. The molecular formula is C24H21N9O. The van der Waals surface area contributed by atoms with Gasteiger partial charge in [-0.25, -0.2) is 14.6 Å². The number of pyridine rings is 2. The average Bonchev–Trinajstić information content (AvgIpc) is 3.55. The van der Waals surface area contributed by atoms with Gasteiger partial charge in [0, 0.05) is 53.3 Å². The molecule has 5 aromatic rings. The molecule has 1 N–H and O–H groups in total. The summed E-state index contributed by atoms with van der Waals surface area (Å²) < 4.78 is 3.32. The van der Waals surface area contributed by atoms with Gasteiger partial charge >= 0.3 is 0 Å². The number of nitrogens with zero attached hydrogens (tertiary/aromatic N) is 8. The molecule has 0 saturated carbocycles. The highest BCUT2D eigenvalue weighted by molar-refractivity contribution is 5.94. The number of tetrazole rings is 1. The second-order valence-corrected chi connectivity index (χ2v) is 8.48. The molecule has 4 aromatic heterocycles. The van der Waals surface area contributed by atoms with E-state index in [2.05, 4.69) is 43.1 Å². The quantitative estimate of drug-likeness (QED) is 0.446. The Hall–Kier alpha value is -4.47. The van der Waals surface area contributed by atoms with Crippen LogP contribution in [0.1, 0.15) is 28.0 Å². The lowest BCUT2D eigenvalue weighted by Gasteiger charge is -2.25. The summed E-state index contributed by atoms with van der Waals surface area (Å²) in [5.41, 5.74) is 6.39. The maximum Gasteiger partial charge on any atom is 0.251 e. The van der Waals surface area contributed by atoms with Gasteiger partial charge in [0.15, 0.2) is 5.65 Å². The Balaban J connectivity index is 1.19. The maximum atomic E-state index is 12.8. The predicted molar refractivity (Wildman–Crippen MR) is 124 cm³/mol. The molecule has 0 saturated heterocycles. The van der Waals surface area contributed by atoms with E-state index in [1.807, 2.05) is 37.8 Å². The van der Waals surface area contributed by atoms with Gasteiger partial charge in [-0.1, -0.05) is 0 Å². The molecule has 0 aliphatic heterocycles. The van der Waals surface area contributed by atoms with E-state index in [1.54, 1.807) is 21.5 Å².